The topological polar surface area (TPSA) is 18.5 Å². The third-order valence-corrected chi connectivity index (χ3v) is 7.00. The Bertz CT molecular complexity index is 510. The maximum Gasteiger partial charge on any atom is 0.460 e. The fourth-order valence-corrected chi connectivity index (χ4v) is 5.53. The van der Waals surface area contributed by atoms with E-state index in [1.54, 1.807) is 0 Å². The maximum atomic E-state index is 6.68. The van der Waals surface area contributed by atoms with Crippen molar-refractivity contribution in [2.45, 2.75) is 95.6 Å². The van der Waals surface area contributed by atoms with Gasteiger partial charge in [-0.15, -0.1) is 0 Å². The predicted molar refractivity (Wildman–Crippen MR) is 108 cm³/mol. The van der Waals surface area contributed by atoms with Crippen molar-refractivity contribution >= 4 is 7.12 Å². The van der Waals surface area contributed by atoms with Crippen molar-refractivity contribution in [1.82, 2.24) is 0 Å². The lowest BCUT2D eigenvalue weighted by atomic mass is 9.70. The van der Waals surface area contributed by atoms with E-state index in [0.717, 1.165) is 18.3 Å². The third-order valence-electron chi connectivity index (χ3n) is 7.00. The second kappa shape index (κ2) is 8.93. The van der Waals surface area contributed by atoms with E-state index in [1.807, 2.05) is 0 Å². The minimum Gasteiger partial charge on any atom is -0.405 e. The third kappa shape index (κ3) is 4.36. The summed E-state index contributed by atoms with van der Waals surface area (Å²) in [6, 6.07) is 10.8. The molecular weight excluding hydrogens is 319 g/mol. The fourth-order valence-electron chi connectivity index (χ4n) is 5.53. The van der Waals surface area contributed by atoms with Gasteiger partial charge in [0.1, 0.15) is 0 Å². The van der Waals surface area contributed by atoms with Crippen molar-refractivity contribution in [3.63, 3.8) is 0 Å². The van der Waals surface area contributed by atoms with Crippen LogP contribution in [0.2, 0.25) is 5.82 Å². The molecule has 0 unspecified atom stereocenters. The van der Waals surface area contributed by atoms with Gasteiger partial charge < -0.3 is 9.31 Å². The monoisotopic (exact) mass is 354 g/mol. The molecule has 3 atom stereocenters. The van der Waals surface area contributed by atoms with Crippen LogP contribution in [0.3, 0.4) is 0 Å². The summed E-state index contributed by atoms with van der Waals surface area (Å²) < 4.78 is 13.4. The SMILES string of the molecule is C[C@H](Cc1ccccc1)B1O[C@@H](C2CCCCC2)[C@H](C2CCCCC2)O1. The van der Waals surface area contributed by atoms with Gasteiger partial charge in [0.05, 0.1) is 12.2 Å². The Morgan fingerprint density at radius 2 is 1.31 bits per heavy atom. The summed E-state index contributed by atoms with van der Waals surface area (Å²) in [5, 5.41) is 0. The highest BCUT2D eigenvalue weighted by Gasteiger charge is 2.48. The second-order valence-electron chi connectivity index (χ2n) is 9.03. The van der Waals surface area contributed by atoms with Gasteiger partial charge in [-0.25, -0.2) is 0 Å². The number of hydrogen-bond donors (Lipinski definition) is 0. The van der Waals surface area contributed by atoms with Crippen molar-refractivity contribution in [2.24, 2.45) is 11.8 Å². The van der Waals surface area contributed by atoms with Crippen molar-refractivity contribution < 1.29 is 9.31 Å². The van der Waals surface area contributed by atoms with Crippen LogP contribution < -0.4 is 0 Å². The predicted octanol–water partition coefficient (Wildman–Crippen LogP) is 6.05. The lowest BCUT2D eigenvalue weighted by Gasteiger charge is -2.35. The van der Waals surface area contributed by atoms with E-state index in [0.29, 0.717) is 18.0 Å². The highest BCUT2D eigenvalue weighted by molar-refractivity contribution is 6.47. The van der Waals surface area contributed by atoms with Crippen LogP contribution in [0.25, 0.3) is 0 Å². The smallest absolute Gasteiger partial charge is 0.405 e. The zero-order valence-corrected chi connectivity index (χ0v) is 16.4. The Hall–Kier alpha value is -0.795. The van der Waals surface area contributed by atoms with Crippen LogP contribution in [0.1, 0.15) is 76.7 Å². The van der Waals surface area contributed by atoms with Gasteiger partial charge >= 0.3 is 7.12 Å². The van der Waals surface area contributed by atoms with Gasteiger partial charge in [0, 0.05) is 0 Å². The Morgan fingerprint density at radius 3 is 1.81 bits per heavy atom. The van der Waals surface area contributed by atoms with Crippen LogP contribution in [0.5, 0.6) is 0 Å². The summed E-state index contributed by atoms with van der Waals surface area (Å²) in [4.78, 5) is 0. The number of rotatable bonds is 5. The maximum absolute atomic E-state index is 6.68. The van der Waals surface area contributed by atoms with Crippen molar-refractivity contribution in [3.8, 4) is 0 Å². The highest BCUT2D eigenvalue weighted by Crippen LogP contribution is 2.42. The molecule has 0 aromatic heterocycles. The summed E-state index contributed by atoms with van der Waals surface area (Å²) in [5.41, 5.74) is 1.39. The van der Waals surface area contributed by atoms with Gasteiger partial charge in [0.25, 0.3) is 0 Å². The molecule has 142 valence electrons. The fraction of sp³-hybridized carbons (Fsp3) is 0.739. The first-order chi connectivity index (χ1) is 12.8. The molecule has 4 rings (SSSR count). The molecule has 0 spiro atoms. The van der Waals surface area contributed by atoms with Crippen LogP contribution in [-0.2, 0) is 15.7 Å². The second-order valence-corrected chi connectivity index (χ2v) is 9.03. The lowest BCUT2D eigenvalue weighted by Crippen LogP contribution is -2.38. The quantitative estimate of drug-likeness (QED) is 0.599. The van der Waals surface area contributed by atoms with E-state index in [-0.39, 0.29) is 7.12 Å². The zero-order valence-electron chi connectivity index (χ0n) is 16.4. The molecule has 0 radical (unpaired) electrons. The van der Waals surface area contributed by atoms with Crippen LogP contribution in [0, 0.1) is 11.8 Å². The molecule has 3 fully saturated rings. The Labute approximate surface area is 160 Å². The van der Waals surface area contributed by atoms with Crippen LogP contribution in [0.15, 0.2) is 30.3 Å². The molecule has 2 aliphatic carbocycles. The molecule has 3 aliphatic rings. The van der Waals surface area contributed by atoms with Crippen LogP contribution >= 0.6 is 0 Å². The minimum atomic E-state index is -0.0194. The molecule has 1 aromatic rings. The van der Waals surface area contributed by atoms with Gasteiger partial charge in [0.2, 0.25) is 0 Å². The van der Waals surface area contributed by atoms with E-state index in [2.05, 4.69) is 37.3 Å². The van der Waals surface area contributed by atoms with Gasteiger partial charge in [0.15, 0.2) is 0 Å². The van der Waals surface area contributed by atoms with Crippen molar-refractivity contribution in [3.05, 3.63) is 35.9 Å². The van der Waals surface area contributed by atoms with Gasteiger partial charge in [-0.2, -0.15) is 0 Å². The standard InChI is InChI=1S/C23H35BO2/c1-18(17-19-11-5-2-6-12-19)24-25-22(20-13-7-3-8-14-20)23(26-24)21-15-9-4-10-16-21/h2,5-6,11-12,18,20-23H,3-4,7-10,13-17H2,1H3/t18-,22+,23+/m1/s1. The molecule has 0 bridgehead atoms. The molecule has 1 aliphatic heterocycles. The molecule has 1 aromatic carbocycles. The minimum absolute atomic E-state index is 0.0194. The normalized spacial score (nSPS) is 29.8. The molecule has 0 amide bonds. The number of hydrogen-bond acceptors (Lipinski definition) is 2. The molecule has 3 heteroatoms. The zero-order chi connectivity index (χ0) is 17.8. The molecule has 0 N–H and O–H groups in total. The summed E-state index contributed by atoms with van der Waals surface area (Å²) >= 11 is 0. The molecule has 1 heterocycles. The van der Waals surface area contributed by atoms with E-state index in [9.17, 15) is 0 Å². The molecule has 2 saturated carbocycles. The summed E-state index contributed by atoms with van der Waals surface area (Å²) in [5.74, 6) is 1.87. The Balaban J connectivity index is 1.44. The van der Waals surface area contributed by atoms with Crippen LogP contribution in [0.4, 0.5) is 0 Å². The van der Waals surface area contributed by atoms with E-state index in [4.69, 9.17) is 9.31 Å². The summed E-state index contributed by atoms with van der Waals surface area (Å²) in [6.45, 7) is 2.30. The first-order valence-corrected chi connectivity index (χ1v) is 11.2. The summed E-state index contributed by atoms with van der Waals surface area (Å²) in [7, 11) is -0.0194. The lowest BCUT2D eigenvalue weighted by molar-refractivity contribution is 0.0324. The number of benzene rings is 1. The molecular formula is C23H35BO2. The largest absolute Gasteiger partial charge is 0.460 e. The van der Waals surface area contributed by atoms with E-state index >= 15 is 0 Å². The van der Waals surface area contributed by atoms with E-state index < -0.39 is 0 Å². The van der Waals surface area contributed by atoms with Gasteiger partial charge in [-0.05, 0) is 55.3 Å². The highest BCUT2D eigenvalue weighted by atomic mass is 16.7. The average Bonchev–Trinajstić information content (AvgIpc) is 3.16. The Morgan fingerprint density at radius 1 is 0.808 bits per heavy atom. The van der Waals surface area contributed by atoms with Crippen LogP contribution in [-0.4, -0.2) is 19.3 Å². The molecule has 26 heavy (non-hydrogen) atoms. The van der Waals surface area contributed by atoms with E-state index in [1.165, 1.54) is 69.8 Å². The van der Waals surface area contributed by atoms with Gasteiger partial charge in [-0.1, -0.05) is 75.8 Å². The average molecular weight is 354 g/mol. The molecule has 1 saturated heterocycles. The van der Waals surface area contributed by atoms with Crippen molar-refractivity contribution in [2.75, 3.05) is 0 Å². The molecule has 2 nitrogen and oxygen atoms in total. The summed E-state index contributed by atoms with van der Waals surface area (Å²) in [6.07, 6.45) is 15.5. The first kappa shape index (κ1) is 18.6. The first-order valence-electron chi connectivity index (χ1n) is 11.2. The van der Waals surface area contributed by atoms with Gasteiger partial charge in [-0.3, -0.25) is 0 Å². The van der Waals surface area contributed by atoms with Crippen molar-refractivity contribution in [1.29, 1.82) is 0 Å². The Kier molecular flexibility index (Phi) is 6.38.